The highest BCUT2D eigenvalue weighted by molar-refractivity contribution is 7.85. The van der Waals surface area contributed by atoms with Crippen LogP contribution in [0.1, 0.15) is 0 Å². The monoisotopic (exact) mass is 288 g/mol. The average molecular weight is 288 g/mol. The Labute approximate surface area is 98.6 Å². The maximum Gasteiger partial charge on any atom is 0.268 e. The van der Waals surface area contributed by atoms with Gasteiger partial charge in [0.25, 0.3) is 10.1 Å². The van der Waals surface area contributed by atoms with Crippen LogP contribution in [0.3, 0.4) is 0 Å². The van der Waals surface area contributed by atoms with Gasteiger partial charge in [0.15, 0.2) is 0 Å². The van der Waals surface area contributed by atoms with Crippen molar-refractivity contribution >= 4 is 20.5 Å². The lowest BCUT2D eigenvalue weighted by Crippen LogP contribution is -2.24. The van der Waals surface area contributed by atoms with Crippen LogP contribution in [0.25, 0.3) is 0 Å². The largest absolute Gasteiger partial charge is 0.726 e. The highest BCUT2D eigenvalue weighted by atomic mass is 32.3. The first kappa shape index (κ1) is 16.0. The van der Waals surface area contributed by atoms with Gasteiger partial charge in [0.05, 0.1) is 7.05 Å². The van der Waals surface area contributed by atoms with E-state index in [4.69, 9.17) is 22.1 Å². The highest BCUT2D eigenvalue weighted by Gasteiger charge is 2.07. The first-order chi connectivity index (χ1) is 7.47. The fourth-order valence-electron chi connectivity index (χ4n) is 0.855. The van der Waals surface area contributed by atoms with Crippen LogP contribution in [0, 0.1) is 0 Å². The van der Waals surface area contributed by atoms with E-state index in [1.807, 2.05) is 7.05 Å². The molecule has 0 unspecified atom stereocenters. The summed E-state index contributed by atoms with van der Waals surface area (Å²) in [6.07, 6.45) is 5.28. The van der Waals surface area contributed by atoms with Crippen LogP contribution in [0.5, 0.6) is 0 Å². The van der Waals surface area contributed by atoms with E-state index in [2.05, 4.69) is 0 Å². The molecule has 1 heterocycles. The number of hydrogen-bond donors (Lipinski definition) is 2. The quantitative estimate of drug-likeness (QED) is 0.380. The lowest BCUT2D eigenvalue weighted by Gasteiger charge is -1.92. The summed E-state index contributed by atoms with van der Waals surface area (Å²) in [6, 6.07) is 0. The molecule has 0 saturated heterocycles. The highest BCUT2D eigenvalue weighted by Crippen LogP contribution is 1.88. The number of aryl methyl sites for hydroxylation is 2. The standard InChI is InChI=1S/C6H10N2O3S.H2O4S/c1-7-2-3-8(6-7)4-5-12(9,10)11;1-5(2,3)4/h2-3,6H,4-5H2,1H3;(H2,1,2,3,4). The summed E-state index contributed by atoms with van der Waals surface area (Å²) in [5.41, 5.74) is 0. The Morgan fingerprint density at radius 2 is 1.76 bits per heavy atom. The second-order valence-corrected chi connectivity index (χ2v) is 5.46. The maximum absolute atomic E-state index is 10.3. The zero-order chi connectivity index (χ0) is 13.7. The number of hydrogen-bond acceptors (Lipinski definition) is 5. The van der Waals surface area contributed by atoms with Gasteiger partial charge in [-0.2, -0.15) is 8.42 Å². The van der Waals surface area contributed by atoms with Crippen molar-refractivity contribution < 1.29 is 35.1 Å². The van der Waals surface area contributed by atoms with E-state index in [0.717, 1.165) is 0 Å². The third kappa shape index (κ3) is 12.9. The molecular formula is C6H12N2O7S2. The van der Waals surface area contributed by atoms with E-state index in [0.29, 0.717) is 0 Å². The molecule has 17 heavy (non-hydrogen) atoms. The predicted octanol–water partition coefficient (Wildman–Crippen LogP) is -1.79. The molecule has 1 aromatic rings. The average Bonchev–Trinajstić information content (AvgIpc) is 2.43. The Hall–Kier alpha value is -1.01. The van der Waals surface area contributed by atoms with Crippen LogP contribution in [0.4, 0.5) is 0 Å². The molecule has 0 fully saturated rings. The van der Waals surface area contributed by atoms with Crippen molar-refractivity contribution in [1.29, 1.82) is 0 Å². The van der Waals surface area contributed by atoms with Crippen molar-refractivity contribution in [3.8, 4) is 0 Å². The van der Waals surface area contributed by atoms with Gasteiger partial charge < -0.3 is 4.55 Å². The van der Waals surface area contributed by atoms with Crippen LogP contribution in [-0.4, -0.2) is 40.8 Å². The second kappa shape index (κ2) is 6.07. The molecule has 0 bridgehead atoms. The van der Waals surface area contributed by atoms with E-state index >= 15 is 0 Å². The Balaban J connectivity index is 0.000000437. The van der Waals surface area contributed by atoms with Crippen LogP contribution in [-0.2, 0) is 34.1 Å². The third-order valence-corrected chi connectivity index (χ3v) is 2.13. The predicted molar refractivity (Wildman–Crippen MR) is 54.3 cm³/mol. The molecule has 0 saturated carbocycles. The lowest BCUT2D eigenvalue weighted by atomic mass is 10.7. The Morgan fingerprint density at radius 1 is 1.29 bits per heavy atom. The zero-order valence-electron chi connectivity index (χ0n) is 8.79. The maximum atomic E-state index is 10.3. The van der Waals surface area contributed by atoms with Gasteiger partial charge in [0.1, 0.15) is 24.7 Å². The fourth-order valence-corrected chi connectivity index (χ4v) is 1.30. The second-order valence-electron chi connectivity index (χ2n) is 3.03. The van der Waals surface area contributed by atoms with E-state index in [9.17, 15) is 8.42 Å². The molecule has 0 atom stereocenters. The van der Waals surface area contributed by atoms with Gasteiger partial charge in [-0.15, -0.1) is 0 Å². The Bertz CT molecular complexity index is 537. The fraction of sp³-hybridized carbons (Fsp3) is 0.500. The van der Waals surface area contributed by atoms with Crippen molar-refractivity contribution in [2.45, 2.75) is 6.54 Å². The van der Waals surface area contributed by atoms with Gasteiger partial charge in [-0.25, -0.2) is 17.6 Å². The summed E-state index contributed by atoms with van der Waals surface area (Å²) >= 11 is 0. The summed E-state index contributed by atoms with van der Waals surface area (Å²) < 4.78 is 65.4. The first-order valence-corrected chi connectivity index (χ1v) is 7.09. The summed E-state index contributed by atoms with van der Waals surface area (Å²) in [6.45, 7) is 0.277. The van der Waals surface area contributed by atoms with E-state index in [1.165, 1.54) is 0 Å². The van der Waals surface area contributed by atoms with Crippen molar-refractivity contribution in [1.82, 2.24) is 4.57 Å². The molecule has 0 aliphatic carbocycles. The molecule has 11 heteroatoms. The first-order valence-electron chi connectivity index (χ1n) is 4.12. The molecule has 0 aromatic carbocycles. The Kier molecular flexibility index (Phi) is 5.71. The smallest absolute Gasteiger partial charge is 0.268 e. The molecule has 100 valence electrons. The van der Waals surface area contributed by atoms with Crippen LogP contribution >= 0.6 is 0 Å². The van der Waals surface area contributed by atoms with Gasteiger partial charge in [0.2, 0.25) is 16.7 Å². The topological polar surface area (TPSA) is 141 Å². The van der Waals surface area contributed by atoms with Gasteiger partial charge in [-0.3, -0.25) is 9.11 Å². The number of nitrogens with zero attached hydrogens (tertiary/aromatic N) is 2. The summed E-state index contributed by atoms with van der Waals surface area (Å²) in [4.78, 5) is 0. The van der Waals surface area contributed by atoms with Crippen LogP contribution in [0.2, 0.25) is 0 Å². The minimum atomic E-state index is -4.92. The van der Waals surface area contributed by atoms with E-state index in [1.54, 1.807) is 27.9 Å². The molecule has 0 radical (unpaired) electrons. The summed E-state index contributed by atoms with van der Waals surface area (Å²) in [7, 11) is -6.92. The van der Waals surface area contributed by atoms with Crippen LogP contribution < -0.4 is 4.57 Å². The minimum absolute atomic E-state index is 0.248. The van der Waals surface area contributed by atoms with Gasteiger partial charge in [0, 0.05) is 0 Å². The SMILES string of the molecule is C[n+]1ccn(CCS(=O)(=O)O)c1.O=S(=O)([O-])O. The van der Waals surface area contributed by atoms with Crippen molar-refractivity contribution in [2.75, 3.05) is 5.75 Å². The minimum Gasteiger partial charge on any atom is -0.726 e. The van der Waals surface area contributed by atoms with Crippen molar-refractivity contribution in [3.63, 3.8) is 0 Å². The molecule has 1 rings (SSSR count). The molecule has 2 N–H and O–H groups in total. The number of rotatable bonds is 3. The summed E-state index contributed by atoms with van der Waals surface area (Å²) in [5, 5.41) is 0. The number of imidazole rings is 1. The molecule has 9 nitrogen and oxygen atoms in total. The molecule has 0 amide bonds. The molecule has 0 aliphatic heterocycles. The molecule has 1 aromatic heterocycles. The molecule has 0 aliphatic rings. The Morgan fingerprint density at radius 3 is 2.06 bits per heavy atom. The molecular weight excluding hydrogens is 276 g/mol. The van der Waals surface area contributed by atoms with E-state index in [-0.39, 0.29) is 12.3 Å². The van der Waals surface area contributed by atoms with Gasteiger partial charge >= 0.3 is 0 Å². The summed E-state index contributed by atoms with van der Waals surface area (Å²) in [5.74, 6) is -0.248. The normalized spacial score (nSPS) is 11.8. The number of aromatic nitrogens is 2. The lowest BCUT2D eigenvalue weighted by molar-refractivity contribution is -0.671. The zero-order valence-corrected chi connectivity index (χ0v) is 10.4. The van der Waals surface area contributed by atoms with E-state index < -0.39 is 20.5 Å². The third-order valence-electron chi connectivity index (χ3n) is 1.43. The molecule has 0 spiro atoms. The van der Waals surface area contributed by atoms with Crippen molar-refractivity contribution in [2.24, 2.45) is 7.05 Å². The van der Waals surface area contributed by atoms with Crippen LogP contribution in [0.15, 0.2) is 18.7 Å². The van der Waals surface area contributed by atoms with Gasteiger partial charge in [-0.05, 0) is 0 Å². The van der Waals surface area contributed by atoms with Gasteiger partial charge in [-0.1, -0.05) is 0 Å². The van der Waals surface area contributed by atoms with Crippen molar-refractivity contribution in [3.05, 3.63) is 18.7 Å².